The zero-order valence-electron chi connectivity index (χ0n) is 12.8. The summed E-state index contributed by atoms with van der Waals surface area (Å²) in [6.45, 7) is 3.58. The molecule has 0 spiro atoms. The van der Waals surface area contributed by atoms with Crippen molar-refractivity contribution in [3.63, 3.8) is 0 Å². The van der Waals surface area contributed by atoms with Gasteiger partial charge < -0.3 is 14.7 Å². The van der Waals surface area contributed by atoms with E-state index in [0.29, 0.717) is 30.9 Å². The predicted molar refractivity (Wildman–Crippen MR) is 80.4 cm³/mol. The molecule has 0 saturated carbocycles. The largest absolute Gasteiger partial charge is 0.471 e. The summed E-state index contributed by atoms with van der Waals surface area (Å²) in [6, 6.07) is 1.64. The lowest BCUT2D eigenvalue weighted by atomic mass is 10.1. The molecule has 130 valence electrons. The van der Waals surface area contributed by atoms with Crippen molar-refractivity contribution in [1.82, 2.24) is 20.4 Å². The van der Waals surface area contributed by atoms with Gasteiger partial charge in [-0.3, -0.25) is 0 Å². The zero-order valence-corrected chi connectivity index (χ0v) is 13.6. The highest BCUT2D eigenvalue weighted by atomic mass is 32.1. The van der Waals surface area contributed by atoms with E-state index in [1.54, 1.807) is 11.0 Å². The van der Waals surface area contributed by atoms with Gasteiger partial charge in [-0.05, 0) is 24.5 Å². The Morgan fingerprint density at radius 3 is 2.96 bits per heavy atom. The predicted octanol–water partition coefficient (Wildman–Crippen LogP) is 3.29. The van der Waals surface area contributed by atoms with Crippen LogP contribution in [0.4, 0.5) is 18.0 Å². The topological polar surface area (TPSA) is 71.3 Å². The average molecular weight is 360 g/mol. The number of urea groups is 1. The number of carbonyl (C=O) groups excluding carboxylic acids is 1. The van der Waals surface area contributed by atoms with Crippen LogP contribution < -0.4 is 5.32 Å². The summed E-state index contributed by atoms with van der Waals surface area (Å²) in [4.78, 5) is 18.5. The first kappa shape index (κ1) is 16.7. The minimum atomic E-state index is -4.66. The third-order valence-corrected chi connectivity index (χ3v) is 4.74. The van der Waals surface area contributed by atoms with Crippen molar-refractivity contribution >= 4 is 17.4 Å². The third kappa shape index (κ3) is 3.37. The molecule has 0 radical (unpaired) electrons. The standard InChI is InChI=1S/C14H15F3N4O2S/c1-2-4-18-13(22)21-5-3-8-6-9(24-10(8)7-21)11-19-12(23-20-11)14(15,16)17/h6H,2-5,7H2,1H3,(H,18,22). The Morgan fingerprint density at radius 1 is 1.50 bits per heavy atom. The van der Waals surface area contributed by atoms with Gasteiger partial charge in [-0.25, -0.2) is 4.79 Å². The molecule has 3 heterocycles. The first-order valence-electron chi connectivity index (χ1n) is 7.44. The number of rotatable bonds is 3. The molecule has 2 aromatic heterocycles. The molecule has 10 heteroatoms. The molecule has 2 aromatic rings. The number of amides is 2. The smallest absolute Gasteiger partial charge is 0.338 e. The molecule has 0 atom stereocenters. The first-order valence-corrected chi connectivity index (χ1v) is 8.25. The van der Waals surface area contributed by atoms with Crippen molar-refractivity contribution in [3.8, 4) is 10.7 Å². The Morgan fingerprint density at radius 2 is 2.29 bits per heavy atom. The van der Waals surface area contributed by atoms with E-state index >= 15 is 0 Å². The van der Waals surface area contributed by atoms with Crippen LogP contribution in [0.2, 0.25) is 0 Å². The van der Waals surface area contributed by atoms with Crippen molar-refractivity contribution in [2.45, 2.75) is 32.5 Å². The van der Waals surface area contributed by atoms with Crippen molar-refractivity contribution in [3.05, 3.63) is 22.4 Å². The highest BCUT2D eigenvalue weighted by Gasteiger charge is 2.38. The van der Waals surface area contributed by atoms with Crippen molar-refractivity contribution in [1.29, 1.82) is 0 Å². The molecule has 0 bridgehead atoms. The quantitative estimate of drug-likeness (QED) is 0.912. The number of carbonyl (C=O) groups is 1. The van der Waals surface area contributed by atoms with Gasteiger partial charge in [0, 0.05) is 18.0 Å². The van der Waals surface area contributed by atoms with Gasteiger partial charge in [-0.2, -0.15) is 18.2 Å². The highest BCUT2D eigenvalue weighted by Crippen LogP contribution is 2.35. The van der Waals surface area contributed by atoms with Gasteiger partial charge in [0.2, 0.25) is 5.82 Å². The maximum absolute atomic E-state index is 12.5. The number of fused-ring (bicyclic) bond motifs is 1. The van der Waals surface area contributed by atoms with Crippen LogP contribution in [0, 0.1) is 0 Å². The van der Waals surface area contributed by atoms with E-state index < -0.39 is 12.1 Å². The number of hydrogen-bond acceptors (Lipinski definition) is 5. The van der Waals surface area contributed by atoms with Gasteiger partial charge in [-0.1, -0.05) is 12.1 Å². The fourth-order valence-corrected chi connectivity index (χ4v) is 3.54. The van der Waals surface area contributed by atoms with Crippen molar-refractivity contribution in [2.75, 3.05) is 13.1 Å². The minimum absolute atomic E-state index is 0.0799. The summed E-state index contributed by atoms with van der Waals surface area (Å²) >= 11 is 1.28. The second-order valence-electron chi connectivity index (χ2n) is 5.38. The first-order chi connectivity index (χ1) is 11.4. The molecule has 0 saturated heterocycles. The van der Waals surface area contributed by atoms with Crippen LogP contribution in [0.5, 0.6) is 0 Å². The normalized spacial score (nSPS) is 14.6. The Balaban J connectivity index is 1.76. The number of thiophene rings is 1. The van der Waals surface area contributed by atoms with Gasteiger partial charge in [0.15, 0.2) is 0 Å². The molecule has 0 unspecified atom stereocenters. The van der Waals surface area contributed by atoms with Gasteiger partial charge >= 0.3 is 18.1 Å². The maximum Gasteiger partial charge on any atom is 0.471 e. The molecule has 0 aromatic carbocycles. The molecule has 0 fully saturated rings. The Kier molecular flexibility index (Phi) is 4.48. The number of nitrogens with zero attached hydrogens (tertiary/aromatic N) is 3. The van der Waals surface area contributed by atoms with E-state index in [0.717, 1.165) is 16.9 Å². The van der Waals surface area contributed by atoms with Gasteiger partial charge in [-0.15, -0.1) is 11.3 Å². The summed E-state index contributed by atoms with van der Waals surface area (Å²) < 4.78 is 41.9. The van der Waals surface area contributed by atoms with Crippen molar-refractivity contribution in [2.24, 2.45) is 0 Å². The molecule has 24 heavy (non-hydrogen) atoms. The average Bonchev–Trinajstić information content (AvgIpc) is 3.17. The van der Waals surface area contributed by atoms with Gasteiger partial charge in [0.1, 0.15) is 0 Å². The molecular weight excluding hydrogens is 345 g/mol. The lowest BCUT2D eigenvalue weighted by molar-refractivity contribution is -0.159. The van der Waals surface area contributed by atoms with E-state index in [1.165, 1.54) is 11.3 Å². The second-order valence-corrected chi connectivity index (χ2v) is 6.52. The van der Waals surface area contributed by atoms with Gasteiger partial charge in [0.25, 0.3) is 0 Å². The van der Waals surface area contributed by atoms with Crippen LogP contribution in [0.1, 0.15) is 29.7 Å². The monoisotopic (exact) mass is 360 g/mol. The highest BCUT2D eigenvalue weighted by molar-refractivity contribution is 7.15. The number of aromatic nitrogens is 2. The fraction of sp³-hybridized carbons (Fsp3) is 0.500. The SMILES string of the molecule is CCCNC(=O)N1CCc2cc(-c3noc(C(F)(F)F)n3)sc2C1. The van der Waals surface area contributed by atoms with Crippen LogP contribution in [-0.2, 0) is 19.1 Å². The molecule has 1 aliphatic rings. The molecule has 2 amide bonds. The summed E-state index contributed by atoms with van der Waals surface area (Å²) in [5.41, 5.74) is 1.01. The van der Waals surface area contributed by atoms with Crippen LogP contribution in [0.25, 0.3) is 10.7 Å². The van der Waals surface area contributed by atoms with E-state index in [9.17, 15) is 18.0 Å². The maximum atomic E-state index is 12.5. The van der Waals surface area contributed by atoms with Crippen LogP contribution in [-0.4, -0.2) is 34.2 Å². The zero-order chi connectivity index (χ0) is 17.3. The minimum Gasteiger partial charge on any atom is -0.338 e. The lowest BCUT2D eigenvalue weighted by Gasteiger charge is -2.26. The van der Waals surface area contributed by atoms with Crippen LogP contribution in [0.3, 0.4) is 0 Å². The summed E-state index contributed by atoms with van der Waals surface area (Å²) in [5.74, 6) is -1.44. The summed E-state index contributed by atoms with van der Waals surface area (Å²) in [6.07, 6.45) is -3.15. The number of hydrogen-bond donors (Lipinski definition) is 1. The third-order valence-electron chi connectivity index (χ3n) is 3.58. The second kappa shape index (κ2) is 6.42. The van der Waals surface area contributed by atoms with Crippen LogP contribution >= 0.6 is 11.3 Å². The molecular formula is C14H15F3N4O2S. The van der Waals surface area contributed by atoms with E-state index in [-0.39, 0.29) is 11.9 Å². The fourth-order valence-electron chi connectivity index (χ4n) is 2.39. The number of nitrogens with one attached hydrogen (secondary N) is 1. The summed E-state index contributed by atoms with van der Waals surface area (Å²) in [5, 5.41) is 6.22. The molecule has 6 nitrogen and oxygen atoms in total. The van der Waals surface area contributed by atoms with E-state index in [1.807, 2.05) is 6.92 Å². The number of alkyl halides is 3. The summed E-state index contributed by atoms with van der Waals surface area (Å²) in [7, 11) is 0. The Bertz CT molecular complexity index is 741. The molecule has 1 aliphatic heterocycles. The molecule has 1 N–H and O–H groups in total. The van der Waals surface area contributed by atoms with E-state index in [4.69, 9.17) is 0 Å². The molecule has 3 rings (SSSR count). The van der Waals surface area contributed by atoms with Crippen molar-refractivity contribution < 1.29 is 22.5 Å². The Hall–Kier alpha value is -2.10. The Labute approximate surface area is 139 Å². The van der Waals surface area contributed by atoms with Crippen LogP contribution in [0.15, 0.2) is 10.6 Å². The lowest BCUT2D eigenvalue weighted by Crippen LogP contribution is -2.42. The van der Waals surface area contributed by atoms with Gasteiger partial charge in [0.05, 0.1) is 11.4 Å². The van der Waals surface area contributed by atoms with E-state index in [2.05, 4.69) is 20.0 Å². The number of halogens is 3. The molecule has 0 aliphatic carbocycles.